The standard InChI is InChI=1S/C17H25NO4/c1-3-18(13-17(20)21)16(19)8-6-4-5-7-14-9-11-15(22-2)12-10-14/h9-12H,3-8,13H2,1-2H3,(H,20,21). The van der Waals surface area contributed by atoms with Crippen molar-refractivity contribution in [2.24, 2.45) is 0 Å². The van der Waals surface area contributed by atoms with E-state index in [9.17, 15) is 9.59 Å². The maximum absolute atomic E-state index is 11.9. The minimum absolute atomic E-state index is 0.0747. The Hall–Kier alpha value is -2.04. The predicted molar refractivity (Wildman–Crippen MR) is 85.1 cm³/mol. The number of rotatable bonds is 10. The first-order valence-electron chi connectivity index (χ1n) is 7.69. The van der Waals surface area contributed by atoms with E-state index in [-0.39, 0.29) is 12.5 Å². The third-order valence-electron chi connectivity index (χ3n) is 3.58. The van der Waals surface area contributed by atoms with Gasteiger partial charge < -0.3 is 14.7 Å². The molecule has 0 radical (unpaired) electrons. The van der Waals surface area contributed by atoms with Crippen molar-refractivity contribution in [1.29, 1.82) is 0 Å². The summed E-state index contributed by atoms with van der Waals surface area (Å²) in [5.41, 5.74) is 1.26. The first kappa shape index (κ1) is 18.0. The van der Waals surface area contributed by atoms with Crippen LogP contribution in [0.15, 0.2) is 24.3 Å². The van der Waals surface area contributed by atoms with Gasteiger partial charge >= 0.3 is 5.97 Å². The zero-order valence-corrected chi connectivity index (χ0v) is 13.4. The molecule has 0 aliphatic rings. The van der Waals surface area contributed by atoms with E-state index in [4.69, 9.17) is 9.84 Å². The van der Waals surface area contributed by atoms with Crippen molar-refractivity contribution in [2.75, 3.05) is 20.2 Å². The Morgan fingerprint density at radius 1 is 1.14 bits per heavy atom. The number of amides is 1. The lowest BCUT2D eigenvalue weighted by molar-refractivity contribution is -0.144. The zero-order chi connectivity index (χ0) is 16.4. The number of unbranched alkanes of at least 4 members (excludes halogenated alkanes) is 2. The Labute approximate surface area is 131 Å². The largest absolute Gasteiger partial charge is 0.497 e. The van der Waals surface area contributed by atoms with Gasteiger partial charge in [-0.1, -0.05) is 18.6 Å². The quantitative estimate of drug-likeness (QED) is 0.675. The maximum Gasteiger partial charge on any atom is 0.323 e. The van der Waals surface area contributed by atoms with Crippen LogP contribution in [0.4, 0.5) is 0 Å². The number of carbonyl (C=O) groups is 2. The molecule has 0 heterocycles. The molecule has 1 aromatic carbocycles. The van der Waals surface area contributed by atoms with Gasteiger partial charge in [0, 0.05) is 13.0 Å². The van der Waals surface area contributed by atoms with E-state index in [0.29, 0.717) is 13.0 Å². The van der Waals surface area contributed by atoms with Crippen LogP contribution >= 0.6 is 0 Å². The number of carboxylic acid groups (broad SMARTS) is 1. The number of benzene rings is 1. The summed E-state index contributed by atoms with van der Waals surface area (Å²) in [6.07, 6.45) is 4.17. The molecule has 1 N–H and O–H groups in total. The van der Waals surface area contributed by atoms with Crippen LogP contribution in [-0.4, -0.2) is 42.1 Å². The Balaban J connectivity index is 2.21. The third kappa shape index (κ3) is 6.61. The summed E-state index contributed by atoms with van der Waals surface area (Å²) in [5, 5.41) is 8.73. The number of carboxylic acids is 1. The number of hydrogen-bond acceptors (Lipinski definition) is 3. The van der Waals surface area contributed by atoms with E-state index >= 15 is 0 Å². The summed E-state index contributed by atoms with van der Waals surface area (Å²) >= 11 is 0. The smallest absolute Gasteiger partial charge is 0.323 e. The van der Waals surface area contributed by atoms with Gasteiger partial charge in [-0.25, -0.2) is 0 Å². The SMILES string of the molecule is CCN(CC(=O)O)C(=O)CCCCCc1ccc(OC)cc1. The number of hydrogen-bond donors (Lipinski definition) is 1. The van der Waals surface area contributed by atoms with Gasteiger partial charge in [0.15, 0.2) is 0 Å². The van der Waals surface area contributed by atoms with E-state index in [0.717, 1.165) is 31.4 Å². The molecule has 1 amide bonds. The summed E-state index contributed by atoms with van der Waals surface area (Å²) in [6.45, 7) is 2.03. The van der Waals surface area contributed by atoms with Crippen molar-refractivity contribution in [3.05, 3.63) is 29.8 Å². The Bertz CT molecular complexity index is 470. The van der Waals surface area contributed by atoms with Crippen molar-refractivity contribution < 1.29 is 19.4 Å². The number of carbonyl (C=O) groups excluding carboxylic acids is 1. The number of aryl methyl sites for hydroxylation is 1. The first-order chi connectivity index (χ1) is 10.6. The number of nitrogens with zero attached hydrogens (tertiary/aromatic N) is 1. The fourth-order valence-electron chi connectivity index (χ4n) is 2.27. The van der Waals surface area contributed by atoms with Crippen LogP contribution in [0.25, 0.3) is 0 Å². The highest BCUT2D eigenvalue weighted by atomic mass is 16.5. The second-order valence-electron chi connectivity index (χ2n) is 5.21. The van der Waals surface area contributed by atoms with Crippen LogP contribution in [0.5, 0.6) is 5.75 Å². The summed E-state index contributed by atoms with van der Waals surface area (Å²) in [6, 6.07) is 8.00. The van der Waals surface area contributed by atoms with Crippen LogP contribution in [0, 0.1) is 0 Å². The Morgan fingerprint density at radius 3 is 2.36 bits per heavy atom. The van der Waals surface area contributed by atoms with Gasteiger partial charge in [0.1, 0.15) is 12.3 Å². The number of likely N-dealkylation sites (N-methyl/N-ethyl adjacent to an activating group) is 1. The monoisotopic (exact) mass is 307 g/mol. The van der Waals surface area contributed by atoms with Crippen LogP contribution < -0.4 is 4.74 Å². The maximum atomic E-state index is 11.9. The fourth-order valence-corrected chi connectivity index (χ4v) is 2.27. The number of methoxy groups -OCH3 is 1. The molecule has 0 aromatic heterocycles. The molecule has 0 spiro atoms. The summed E-state index contributed by atoms with van der Waals surface area (Å²) < 4.78 is 5.12. The molecule has 0 unspecified atom stereocenters. The molecule has 1 rings (SSSR count). The second-order valence-corrected chi connectivity index (χ2v) is 5.21. The summed E-state index contributed by atoms with van der Waals surface area (Å²) in [5.74, 6) is -0.184. The molecule has 0 saturated carbocycles. The minimum Gasteiger partial charge on any atom is -0.497 e. The molecule has 5 nitrogen and oxygen atoms in total. The molecule has 0 bridgehead atoms. The van der Waals surface area contributed by atoms with Gasteiger partial charge in [0.05, 0.1) is 7.11 Å². The van der Waals surface area contributed by atoms with Crippen molar-refractivity contribution in [2.45, 2.75) is 39.0 Å². The summed E-state index contributed by atoms with van der Waals surface area (Å²) in [4.78, 5) is 23.9. The van der Waals surface area contributed by atoms with Crippen LogP contribution in [0.2, 0.25) is 0 Å². The summed E-state index contributed by atoms with van der Waals surface area (Å²) in [7, 11) is 1.65. The molecule has 0 fully saturated rings. The van der Waals surface area contributed by atoms with Crippen molar-refractivity contribution >= 4 is 11.9 Å². The average molecular weight is 307 g/mol. The lowest BCUT2D eigenvalue weighted by atomic mass is 10.1. The molecular formula is C17H25NO4. The molecule has 0 aliphatic heterocycles. The number of aliphatic carboxylic acids is 1. The third-order valence-corrected chi connectivity index (χ3v) is 3.58. The normalized spacial score (nSPS) is 10.3. The highest BCUT2D eigenvalue weighted by Crippen LogP contribution is 2.14. The molecule has 0 atom stereocenters. The first-order valence-corrected chi connectivity index (χ1v) is 7.69. The van der Waals surface area contributed by atoms with Crippen LogP contribution in [0.1, 0.15) is 38.2 Å². The van der Waals surface area contributed by atoms with Crippen molar-refractivity contribution in [3.8, 4) is 5.75 Å². The zero-order valence-electron chi connectivity index (χ0n) is 13.4. The molecule has 22 heavy (non-hydrogen) atoms. The van der Waals surface area contributed by atoms with E-state index in [1.54, 1.807) is 14.0 Å². The Kier molecular flexibility index (Phi) is 8.04. The highest BCUT2D eigenvalue weighted by molar-refractivity contribution is 5.81. The lowest BCUT2D eigenvalue weighted by Crippen LogP contribution is -2.35. The fraction of sp³-hybridized carbons (Fsp3) is 0.529. The van der Waals surface area contributed by atoms with Gasteiger partial charge in [-0.15, -0.1) is 0 Å². The van der Waals surface area contributed by atoms with E-state index in [1.165, 1.54) is 10.5 Å². The predicted octanol–water partition coefficient (Wildman–Crippen LogP) is 2.73. The van der Waals surface area contributed by atoms with E-state index in [2.05, 4.69) is 12.1 Å². The van der Waals surface area contributed by atoms with Gasteiger partial charge in [0.2, 0.25) is 5.91 Å². The van der Waals surface area contributed by atoms with E-state index in [1.807, 2.05) is 12.1 Å². The second kappa shape index (κ2) is 9.82. The molecular weight excluding hydrogens is 282 g/mol. The molecule has 5 heteroatoms. The van der Waals surface area contributed by atoms with E-state index < -0.39 is 5.97 Å². The minimum atomic E-state index is -0.963. The number of ether oxygens (including phenoxy) is 1. The highest BCUT2D eigenvalue weighted by Gasteiger charge is 2.13. The molecule has 122 valence electrons. The van der Waals surface area contributed by atoms with Crippen molar-refractivity contribution in [3.63, 3.8) is 0 Å². The van der Waals surface area contributed by atoms with Gasteiger partial charge in [-0.05, 0) is 43.9 Å². The van der Waals surface area contributed by atoms with Crippen molar-refractivity contribution in [1.82, 2.24) is 4.90 Å². The topological polar surface area (TPSA) is 66.8 Å². The van der Waals surface area contributed by atoms with Crippen LogP contribution in [-0.2, 0) is 16.0 Å². The molecule has 0 saturated heterocycles. The van der Waals surface area contributed by atoms with Crippen LogP contribution in [0.3, 0.4) is 0 Å². The Morgan fingerprint density at radius 2 is 1.82 bits per heavy atom. The van der Waals surface area contributed by atoms with Gasteiger partial charge in [-0.2, -0.15) is 0 Å². The molecule has 0 aliphatic carbocycles. The molecule has 1 aromatic rings. The van der Waals surface area contributed by atoms with Gasteiger partial charge in [-0.3, -0.25) is 9.59 Å². The van der Waals surface area contributed by atoms with Gasteiger partial charge in [0.25, 0.3) is 0 Å². The average Bonchev–Trinajstić information content (AvgIpc) is 2.52. The lowest BCUT2D eigenvalue weighted by Gasteiger charge is -2.18.